The number of nitrogens with one attached hydrogen (secondary N) is 1. The maximum Gasteiger partial charge on any atom is 0.320 e. The van der Waals surface area contributed by atoms with Crippen LogP contribution in [0.25, 0.3) is 0 Å². The summed E-state index contributed by atoms with van der Waals surface area (Å²) in [7, 11) is 1.54. The molecule has 0 unspecified atom stereocenters. The van der Waals surface area contributed by atoms with Gasteiger partial charge in [-0.3, -0.25) is 9.59 Å². The van der Waals surface area contributed by atoms with Crippen molar-refractivity contribution in [2.24, 2.45) is 0 Å². The van der Waals surface area contributed by atoms with Crippen LogP contribution >= 0.6 is 0 Å². The fourth-order valence-electron chi connectivity index (χ4n) is 1.57. The lowest BCUT2D eigenvalue weighted by Gasteiger charge is -2.25. The van der Waals surface area contributed by atoms with Gasteiger partial charge in [-0.15, -0.1) is 0 Å². The summed E-state index contributed by atoms with van der Waals surface area (Å²) in [5.41, 5.74) is 0. The first-order valence-electron chi connectivity index (χ1n) is 5.49. The average Bonchev–Trinajstić information content (AvgIpc) is 2.49. The zero-order valence-corrected chi connectivity index (χ0v) is 9.81. The molecule has 0 aliphatic carbocycles. The number of aliphatic carboxylic acids is 1. The fourth-order valence-corrected chi connectivity index (χ4v) is 1.57. The number of rotatable bonds is 3. The maximum atomic E-state index is 11.9. The topological polar surface area (TPSA) is 90.0 Å². The van der Waals surface area contributed by atoms with Gasteiger partial charge in [-0.2, -0.15) is 0 Å². The molecule has 96 valence electrons. The minimum Gasteiger partial charge on any atom is -0.481 e. The Labute approximate surface area is 99.4 Å². The van der Waals surface area contributed by atoms with E-state index >= 15 is 0 Å². The van der Waals surface area contributed by atoms with Crippen molar-refractivity contribution in [3.8, 4) is 0 Å². The van der Waals surface area contributed by atoms with Crippen LogP contribution in [0.2, 0.25) is 0 Å². The smallest absolute Gasteiger partial charge is 0.320 e. The summed E-state index contributed by atoms with van der Waals surface area (Å²) in [5, 5.41) is 11.2. The van der Waals surface area contributed by atoms with Crippen molar-refractivity contribution in [1.29, 1.82) is 0 Å². The van der Waals surface area contributed by atoms with Crippen molar-refractivity contribution in [3.63, 3.8) is 0 Å². The Morgan fingerprint density at radius 2 is 2.24 bits per heavy atom. The molecule has 17 heavy (non-hydrogen) atoms. The van der Waals surface area contributed by atoms with E-state index in [0.29, 0.717) is 19.5 Å². The minimum atomic E-state index is -0.946. The molecule has 3 amide bonds. The van der Waals surface area contributed by atoms with Gasteiger partial charge in [-0.05, 0) is 6.42 Å². The van der Waals surface area contributed by atoms with E-state index in [9.17, 15) is 14.4 Å². The Morgan fingerprint density at radius 1 is 1.53 bits per heavy atom. The molecule has 0 aromatic rings. The van der Waals surface area contributed by atoms with E-state index in [4.69, 9.17) is 5.11 Å². The molecule has 0 spiro atoms. The van der Waals surface area contributed by atoms with E-state index in [0.717, 1.165) is 0 Å². The summed E-state index contributed by atoms with van der Waals surface area (Å²) in [6.45, 7) is 1.26. The predicted octanol–water partition coefficient (Wildman–Crippen LogP) is -0.665. The fraction of sp³-hybridized carbons (Fsp3) is 0.700. The molecule has 7 nitrogen and oxygen atoms in total. The first-order chi connectivity index (χ1) is 8.00. The zero-order valence-electron chi connectivity index (χ0n) is 9.81. The SMILES string of the molecule is CN(CCC(=O)O)C(=O)N1CCCNC(=O)C1. The molecular weight excluding hydrogens is 226 g/mol. The third-order valence-corrected chi connectivity index (χ3v) is 2.52. The molecule has 0 atom stereocenters. The maximum absolute atomic E-state index is 11.9. The molecule has 1 saturated heterocycles. The van der Waals surface area contributed by atoms with E-state index in [2.05, 4.69) is 5.32 Å². The molecule has 0 saturated carbocycles. The van der Waals surface area contributed by atoms with E-state index < -0.39 is 5.97 Å². The summed E-state index contributed by atoms with van der Waals surface area (Å²) in [6, 6.07) is -0.302. The van der Waals surface area contributed by atoms with Gasteiger partial charge in [0, 0.05) is 26.7 Å². The Kier molecular flexibility index (Phi) is 4.74. The summed E-state index contributed by atoms with van der Waals surface area (Å²) < 4.78 is 0. The number of urea groups is 1. The van der Waals surface area contributed by atoms with Gasteiger partial charge in [0.2, 0.25) is 5.91 Å². The number of amides is 3. The zero-order chi connectivity index (χ0) is 12.8. The van der Waals surface area contributed by atoms with Crippen molar-refractivity contribution >= 4 is 17.9 Å². The third-order valence-electron chi connectivity index (χ3n) is 2.52. The second-order valence-electron chi connectivity index (χ2n) is 3.97. The number of hydrogen-bond donors (Lipinski definition) is 2. The van der Waals surface area contributed by atoms with Crippen LogP contribution in [-0.2, 0) is 9.59 Å². The lowest BCUT2D eigenvalue weighted by atomic mass is 10.4. The second-order valence-corrected chi connectivity index (χ2v) is 3.97. The van der Waals surface area contributed by atoms with Crippen molar-refractivity contribution in [1.82, 2.24) is 15.1 Å². The van der Waals surface area contributed by atoms with E-state index in [1.807, 2.05) is 0 Å². The van der Waals surface area contributed by atoms with Crippen molar-refractivity contribution in [3.05, 3.63) is 0 Å². The molecule has 0 radical (unpaired) electrons. The monoisotopic (exact) mass is 243 g/mol. The Morgan fingerprint density at radius 3 is 2.88 bits per heavy atom. The van der Waals surface area contributed by atoms with Crippen LogP contribution in [0.5, 0.6) is 0 Å². The van der Waals surface area contributed by atoms with Crippen molar-refractivity contribution in [2.75, 3.05) is 33.2 Å². The van der Waals surface area contributed by atoms with Gasteiger partial charge in [0.1, 0.15) is 6.54 Å². The van der Waals surface area contributed by atoms with Gasteiger partial charge >= 0.3 is 12.0 Å². The van der Waals surface area contributed by atoms with Gasteiger partial charge < -0.3 is 20.2 Å². The lowest BCUT2D eigenvalue weighted by Crippen LogP contribution is -2.44. The predicted molar refractivity (Wildman–Crippen MR) is 59.5 cm³/mol. The van der Waals surface area contributed by atoms with Crippen molar-refractivity contribution < 1.29 is 19.5 Å². The number of carboxylic acids is 1. The highest BCUT2D eigenvalue weighted by Crippen LogP contribution is 2.02. The molecule has 0 bridgehead atoms. The van der Waals surface area contributed by atoms with E-state index in [1.54, 1.807) is 0 Å². The molecule has 1 fully saturated rings. The molecule has 0 aromatic heterocycles. The number of carbonyl (C=O) groups is 3. The molecule has 2 N–H and O–H groups in total. The highest BCUT2D eigenvalue weighted by Gasteiger charge is 2.22. The number of carbonyl (C=O) groups excluding carboxylic acids is 2. The van der Waals surface area contributed by atoms with Crippen LogP contribution < -0.4 is 5.32 Å². The van der Waals surface area contributed by atoms with Crippen LogP contribution in [0.4, 0.5) is 4.79 Å². The average molecular weight is 243 g/mol. The molecular formula is C10H17N3O4. The molecule has 1 aliphatic heterocycles. The number of nitrogens with zero attached hydrogens (tertiary/aromatic N) is 2. The largest absolute Gasteiger partial charge is 0.481 e. The molecule has 7 heteroatoms. The highest BCUT2D eigenvalue weighted by molar-refractivity contribution is 5.84. The first kappa shape index (κ1) is 13.3. The van der Waals surface area contributed by atoms with Gasteiger partial charge in [0.05, 0.1) is 6.42 Å². The number of hydrogen-bond acceptors (Lipinski definition) is 3. The summed E-state index contributed by atoms with van der Waals surface area (Å²) in [5.74, 6) is -1.12. The Hall–Kier alpha value is -1.79. The Bertz CT molecular complexity index is 319. The van der Waals surface area contributed by atoms with Crippen LogP contribution in [0.1, 0.15) is 12.8 Å². The highest BCUT2D eigenvalue weighted by atomic mass is 16.4. The quantitative estimate of drug-likeness (QED) is 0.688. The Balaban J connectivity index is 2.49. The van der Waals surface area contributed by atoms with Crippen LogP contribution in [0.15, 0.2) is 0 Å². The summed E-state index contributed by atoms with van der Waals surface area (Å²) in [6.07, 6.45) is 0.618. The van der Waals surface area contributed by atoms with Crippen LogP contribution in [0.3, 0.4) is 0 Å². The molecule has 1 aliphatic rings. The normalized spacial score (nSPS) is 16.1. The lowest BCUT2D eigenvalue weighted by molar-refractivity contribution is -0.137. The van der Waals surface area contributed by atoms with Crippen LogP contribution in [0, 0.1) is 0 Å². The van der Waals surface area contributed by atoms with Gasteiger partial charge in [-0.25, -0.2) is 4.79 Å². The first-order valence-corrected chi connectivity index (χ1v) is 5.49. The number of carboxylic acid groups (broad SMARTS) is 1. The molecule has 1 heterocycles. The summed E-state index contributed by atoms with van der Waals surface area (Å²) >= 11 is 0. The van der Waals surface area contributed by atoms with E-state index in [-0.39, 0.29) is 31.4 Å². The van der Waals surface area contributed by atoms with Crippen LogP contribution in [-0.4, -0.2) is 66.0 Å². The van der Waals surface area contributed by atoms with Gasteiger partial charge in [0.15, 0.2) is 0 Å². The van der Waals surface area contributed by atoms with Gasteiger partial charge in [-0.1, -0.05) is 0 Å². The molecule has 1 rings (SSSR count). The summed E-state index contributed by atoms with van der Waals surface area (Å²) in [4.78, 5) is 36.3. The van der Waals surface area contributed by atoms with Crippen molar-refractivity contribution in [2.45, 2.75) is 12.8 Å². The van der Waals surface area contributed by atoms with E-state index in [1.165, 1.54) is 16.8 Å². The molecule has 0 aromatic carbocycles. The third kappa shape index (κ3) is 4.29. The van der Waals surface area contributed by atoms with Gasteiger partial charge in [0.25, 0.3) is 0 Å². The minimum absolute atomic E-state index is 0.0379. The standard InChI is InChI=1S/C10H17N3O4/c1-12(6-3-9(15)16)10(17)13-5-2-4-11-8(14)7-13/h2-7H2,1H3,(H,11,14)(H,15,16). The second kappa shape index (κ2) is 6.07.